The lowest BCUT2D eigenvalue weighted by Crippen LogP contribution is -2.26. The number of ether oxygens (including phenoxy) is 2. The van der Waals surface area contributed by atoms with Crippen molar-refractivity contribution in [3.05, 3.63) is 119 Å². The van der Waals surface area contributed by atoms with E-state index in [1.165, 1.54) is 0 Å². The molecule has 1 atom stereocenters. The molecule has 0 bridgehead atoms. The quantitative estimate of drug-likeness (QED) is 0.272. The maximum atomic E-state index is 11.2. The molecule has 37 heavy (non-hydrogen) atoms. The number of nitriles is 2. The molecule has 6 rings (SSSR count). The van der Waals surface area contributed by atoms with Gasteiger partial charge in [0.15, 0.2) is 0 Å². The summed E-state index contributed by atoms with van der Waals surface area (Å²) in [4.78, 5) is 0. The fourth-order valence-electron chi connectivity index (χ4n) is 5.69. The summed E-state index contributed by atoms with van der Waals surface area (Å²) in [6.45, 7) is 0. The molecule has 0 aliphatic heterocycles. The van der Waals surface area contributed by atoms with Crippen molar-refractivity contribution >= 4 is 32.7 Å². The van der Waals surface area contributed by atoms with Crippen LogP contribution in [0, 0.1) is 22.7 Å². The van der Waals surface area contributed by atoms with Gasteiger partial charge < -0.3 is 9.47 Å². The first kappa shape index (κ1) is 22.4. The number of methoxy groups -OCH3 is 2. The van der Waals surface area contributed by atoms with Gasteiger partial charge in [-0.25, -0.2) is 0 Å². The predicted octanol–water partition coefficient (Wildman–Crippen LogP) is 7.27. The average Bonchev–Trinajstić information content (AvgIpc) is 3.27. The fourth-order valence-corrected chi connectivity index (χ4v) is 5.69. The van der Waals surface area contributed by atoms with Crippen molar-refractivity contribution in [2.75, 3.05) is 14.2 Å². The number of benzene rings is 5. The zero-order valence-electron chi connectivity index (χ0n) is 20.4. The molecule has 5 aromatic rings. The molecule has 4 heteroatoms. The highest BCUT2D eigenvalue weighted by molar-refractivity contribution is 6.16. The molecule has 5 aromatic carbocycles. The standard InChI is InChI=1S/C33H22N2O2/c1-36-24-14-11-21-9-6-10-29(26(21)17-24)33(20-35)30-16-13-22-12-15-25(37-2)18-27(22)31(30)28(19-34)32(33)23-7-4-3-5-8-23/h3-18H,1-2H3. The van der Waals surface area contributed by atoms with E-state index in [1.54, 1.807) is 14.2 Å². The van der Waals surface area contributed by atoms with Gasteiger partial charge in [-0.1, -0.05) is 72.8 Å². The van der Waals surface area contributed by atoms with Crippen molar-refractivity contribution in [2.45, 2.75) is 5.41 Å². The van der Waals surface area contributed by atoms with Gasteiger partial charge in [-0.3, -0.25) is 0 Å². The highest BCUT2D eigenvalue weighted by Crippen LogP contribution is 2.57. The smallest absolute Gasteiger partial charge is 0.135 e. The normalized spacial score (nSPS) is 16.3. The number of allylic oxidation sites excluding steroid dienone is 2. The molecule has 0 saturated heterocycles. The summed E-state index contributed by atoms with van der Waals surface area (Å²) in [6, 6.07) is 36.7. The van der Waals surface area contributed by atoms with Gasteiger partial charge in [-0.15, -0.1) is 0 Å². The number of nitrogens with zero attached hydrogens (tertiary/aromatic N) is 2. The molecule has 1 aliphatic rings. The van der Waals surface area contributed by atoms with Gasteiger partial charge in [0.05, 0.1) is 25.9 Å². The van der Waals surface area contributed by atoms with E-state index in [9.17, 15) is 10.5 Å². The lowest BCUT2D eigenvalue weighted by molar-refractivity contribution is 0.415. The summed E-state index contributed by atoms with van der Waals surface area (Å²) < 4.78 is 11.1. The molecule has 0 aromatic heterocycles. The minimum absolute atomic E-state index is 0.501. The minimum Gasteiger partial charge on any atom is -0.497 e. The van der Waals surface area contributed by atoms with Crippen molar-refractivity contribution in [1.29, 1.82) is 10.5 Å². The van der Waals surface area contributed by atoms with Gasteiger partial charge in [0.2, 0.25) is 0 Å². The summed E-state index contributed by atoms with van der Waals surface area (Å²) in [5.41, 5.74) is 3.21. The Labute approximate surface area is 215 Å². The Hall–Kier alpha value is -5.06. The van der Waals surface area contributed by atoms with Gasteiger partial charge in [-0.2, -0.15) is 10.5 Å². The van der Waals surface area contributed by atoms with Crippen LogP contribution < -0.4 is 9.47 Å². The van der Waals surface area contributed by atoms with Gasteiger partial charge in [-0.05, 0) is 62.5 Å². The topological polar surface area (TPSA) is 66.0 Å². The van der Waals surface area contributed by atoms with Crippen LogP contribution in [0.4, 0.5) is 0 Å². The molecule has 0 amide bonds. The number of hydrogen-bond acceptors (Lipinski definition) is 4. The van der Waals surface area contributed by atoms with Gasteiger partial charge in [0.1, 0.15) is 23.0 Å². The largest absolute Gasteiger partial charge is 0.497 e. The lowest BCUT2D eigenvalue weighted by atomic mass is 9.69. The van der Waals surface area contributed by atoms with E-state index in [4.69, 9.17) is 9.47 Å². The third-order valence-electron chi connectivity index (χ3n) is 7.34. The molecule has 1 aliphatic carbocycles. The van der Waals surface area contributed by atoms with E-state index in [0.29, 0.717) is 22.6 Å². The molecule has 4 nitrogen and oxygen atoms in total. The molecule has 0 heterocycles. The van der Waals surface area contributed by atoms with Gasteiger partial charge >= 0.3 is 0 Å². The maximum Gasteiger partial charge on any atom is 0.135 e. The molecular weight excluding hydrogens is 456 g/mol. The molecule has 1 unspecified atom stereocenters. The summed E-state index contributed by atoms with van der Waals surface area (Å²) in [5, 5.41) is 25.6. The second-order valence-corrected chi connectivity index (χ2v) is 9.06. The minimum atomic E-state index is -1.22. The third-order valence-corrected chi connectivity index (χ3v) is 7.34. The fraction of sp³-hybridized carbons (Fsp3) is 0.0909. The van der Waals surface area contributed by atoms with Crippen molar-refractivity contribution in [3.63, 3.8) is 0 Å². The summed E-state index contributed by atoms with van der Waals surface area (Å²) in [7, 11) is 3.27. The van der Waals surface area contributed by atoms with Crippen LogP contribution in [-0.2, 0) is 5.41 Å². The van der Waals surface area contributed by atoms with E-state index >= 15 is 0 Å². The summed E-state index contributed by atoms with van der Waals surface area (Å²) in [6.07, 6.45) is 0. The molecule has 0 spiro atoms. The average molecular weight is 479 g/mol. The Morgan fingerprint density at radius 3 is 1.95 bits per heavy atom. The third kappa shape index (κ3) is 3.13. The van der Waals surface area contributed by atoms with Crippen LogP contribution in [0.15, 0.2) is 97.1 Å². The zero-order chi connectivity index (χ0) is 25.6. The highest BCUT2D eigenvalue weighted by Gasteiger charge is 2.49. The molecule has 0 fully saturated rings. The van der Waals surface area contributed by atoms with Gasteiger partial charge in [0, 0.05) is 11.1 Å². The zero-order valence-corrected chi connectivity index (χ0v) is 20.4. The van der Waals surface area contributed by atoms with E-state index < -0.39 is 5.41 Å². The van der Waals surface area contributed by atoms with Crippen molar-refractivity contribution in [2.24, 2.45) is 0 Å². The first-order chi connectivity index (χ1) is 18.2. The van der Waals surface area contributed by atoms with E-state index in [2.05, 4.69) is 12.1 Å². The predicted molar refractivity (Wildman–Crippen MR) is 146 cm³/mol. The monoisotopic (exact) mass is 478 g/mol. The van der Waals surface area contributed by atoms with Crippen LogP contribution in [0.3, 0.4) is 0 Å². The van der Waals surface area contributed by atoms with Crippen LogP contribution in [0.1, 0.15) is 22.3 Å². The Balaban J connectivity index is 1.83. The lowest BCUT2D eigenvalue weighted by Gasteiger charge is -2.29. The van der Waals surface area contributed by atoms with Crippen LogP contribution in [0.25, 0.3) is 32.7 Å². The number of rotatable bonds is 4. The number of fused-ring (bicyclic) bond motifs is 4. The molecule has 176 valence electrons. The Kier molecular flexibility index (Phi) is 5.18. The first-order valence-corrected chi connectivity index (χ1v) is 12.0. The summed E-state index contributed by atoms with van der Waals surface area (Å²) in [5.74, 6) is 1.41. The van der Waals surface area contributed by atoms with Crippen molar-refractivity contribution in [3.8, 4) is 23.6 Å². The maximum absolute atomic E-state index is 11.2. The van der Waals surface area contributed by atoms with Crippen molar-refractivity contribution < 1.29 is 9.47 Å². The SMILES string of the molecule is COc1ccc2cccc(C3(C#N)C(c4ccccc4)=C(C#N)c4c3ccc3ccc(OC)cc43)c2c1. The van der Waals surface area contributed by atoms with Crippen LogP contribution in [0.5, 0.6) is 11.5 Å². The number of hydrogen-bond donors (Lipinski definition) is 0. The van der Waals surface area contributed by atoms with E-state index in [1.807, 2.05) is 97.1 Å². The van der Waals surface area contributed by atoms with E-state index in [0.717, 1.165) is 43.8 Å². The first-order valence-electron chi connectivity index (χ1n) is 12.0. The van der Waals surface area contributed by atoms with Gasteiger partial charge in [0.25, 0.3) is 0 Å². The molecule has 0 radical (unpaired) electrons. The Bertz CT molecular complexity index is 1820. The van der Waals surface area contributed by atoms with E-state index in [-0.39, 0.29) is 0 Å². The summed E-state index contributed by atoms with van der Waals surface area (Å²) >= 11 is 0. The molecule has 0 N–H and O–H groups in total. The Morgan fingerprint density at radius 2 is 1.30 bits per heavy atom. The second kappa shape index (κ2) is 8.55. The molecule has 0 saturated carbocycles. The second-order valence-electron chi connectivity index (χ2n) is 9.06. The van der Waals surface area contributed by atoms with Crippen molar-refractivity contribution in [1.82, 2.24) is 0 Å². The molecular formula is C33H22N2O2. The van der Waals surface area contributed by atoms with Crippen LogP contribution in [0.2, 0.25) is 0 Å². The van der Waals surface area contributed by atoms with Crippen LogP contribution in [-0.4, -0.2) is 14.2 Å². The Morgan fingerprint density at radius 1 is 0.649 bits per heavy atom. The highest BCUT2D eigenvalue weighted by atomic mass is 16.5. The van der Waals surface area contributed by atoms with Crippen LogP contribution >= 0.6 is 0 Å².